The number of rotatable bonds is 6. The molecule has 2 aromatic heterocycles. The Kier molecular flexibility index (Phi) is 5.38. The molecule has 0 saturated carbocycles. The molecule has 4 rings (SSSR count). The molecule has 0 aliphatic heterocycles. The summed E-state index contributed by atoms with van der Waals surface area (Å²) in [6, 6.07) is 15.5. The quantitative estimate of drug-likeness (QED) is 0.427. The van der Waals surface area contributed by atoms with Gasteiger partial charge in [0.05, 0.1) is 22.1 Å². The first-order valence-corrected chi connectivity index (χ1v) is 11.2. The monoisotopic (exact) mass is 415 g/mol. The fraction of sp³-hybridized carbons (Fsp3) is 0.200. The molecule has 0 unspecified atom stereocenters. The van der Waals surface area contributed by atoms with E-state index in [0.29, 0.717) is 9.90 Å². The Morgan fingerprint density at radius 3 is 2.81 bits per heavy atom. The highest BCUT2D eigenvalue weighted by Gasteiger charge is 2.22. The number of halogens is 1. The number of amides is 1. The molecule has 0 fully saturated rings. The molecule has 0 aliphatic carbocycles. The summed E-state index contributed by atoms with van der Waals surface area (Å²) in [5, 5.41) is 4.56. The second kappa shape index (κ2) is 7.92. The summed E-state index contributed by atoms with van der Waals surface area (Å²) in [5.41, 5.74) is 1.87. The van der Waals surface area contributed by atoms with Gasteiger partial charge < -0.3 is 10.3 Å². The molecule has 0 bridgehead atoms. The first kappa shape index (κ1) is 18.3. The van der Waals surface area contributed by atoms with Gasteiger partial charge >= 0.3 is 0 Å². The summed E-state index contributed by atoms with van der Waals surface area (Å²) in [6.07, 6.45) is 2.84. The Bertz CT molecular complexity index is 1070. The molecule has 0 aliphatic rings. The average molecular weight is 416 g/mol. The van der Waals surface area contributed by atoms with Gasteiger partial charge in [-0.05, 0) is 36.6 Å². The van der Waals surface area contributed by atoms with Gasteiger partial charge in [0.1, 0.15) is 10.7 Å². The molecular formula is C20H18ClN3OS2. The standard InChI is InChI=1S/C20H18ClN3OS2/c1-26-11-10-15(19-22-13-7-3-4-8-14(13)23-19)24-20(25)18-17(21)12-6-2-5-9-16(12)27-18/h2-9,15H,10-11H2,1H3,(H,22,23)(H,24,25)/t15-/m0/s1. The Labute approximate surface area is 170 Å². The number of carbonyl (C=O) groups is 1. The minimum absolute atomic E-state index is 0.159. The van der Waals surface area contributed by atoms with Gasteiger partial charge in [-0.15, -0.1) is 11.3 Å². The second-order valence-electron chi connectivity index (χ2n) is 6.19. The molecule has 0 saturated heterocycles. The maximum absolute atomic E-state index is 13.0. The predicted octanol–water partition coefficient (Wildman–Crippen LogP) is 5.66. The van der Waals surface area contributed by atoms with Crippen LogP contribution in [0.2, 0.25) is 5.02 Å². The van der Waals surface area contributed by atoms with Crippen molar-refractivity contribution >= 4 is 61.7 Å². The van der Waals surface area contributed by atoms with E-state index in [1.807, 2.05) is 48.5 Å². The minimum atomic E-state index is -0.196. The van der Waals surface area contributed by atoms with Crippen LogP contribution in [0.25, 0.3) is 21.1 Å². The third-order valence-electron chi connectivity index (χ3n) is 4.39. The zero-order chi connectivity index (χ0) is 18.8. The van der Waals surface area contributed by atoms with E-state index in [1.165, 1.54) is 11.3 Å². The summed E-state index contributed by atoms with van der Waals surface area (Å²) in [5.74, 6) is 1.53. The van der Waals surface area contributed by atoms with E-state index >= 15 is 0 Å². The zero-order valence-corrected chi connectivity index (χ0v) is 17.0. The minimum Gasteiger partial charge on any atom is -0.341 e. The number of nitrogens with one attached hydrogen (secondary N) is 2. The number of para-hydroxylation sites is 2. The summed E-state index contributed by atoms with van der Waals surface area (Å²) in [4.78, 5) is 21.5. The molecule has 0 radical (unpaired) electrons. The third-order valence-corrected chi connectivity index (χ3v) is 6.71. The van der Waals surface area contributed by atoms with Crippen LogP contribution in [0.4, 0.5) is 0 Å². The largest absolute Gasteiger partial charge is 0.341 e. The van der Waals surface area contributed by atoms with Crippen LogP contribution in [0.3, 0.4) is 0 Å². The number of aromatic nitrogens is 2. The van der Waals surface area contributed by atoms with Gasteiger partial charge in [0, 0.05) is 10.1 Å². The van der Waals surface area contributed by atoms with E-state index in [4.69, 9.17) is 11.6 Å². The lowest BCUT2D eigenvalue weighted by molar-refractivity contribution is 0.0938. The van der Waals surface area contributed by atoms with E-state index in [2.05, 4.69) is 21.5 Å². The van der Waals surface area contributed by atoms with Crippen molar-refractivity contribution in [2.45, 2.75) is 12.5 Å². The highest BCUT2D eigenvalue weighted by Crippen LogP contribution is 2.35. The lowest BCUT2D eigenvalue weighted by Gasteiger charge is -2.16. The van der Waals surface area contributed by atoms with E-state index in [0.717, 1.165) is 39.1 Å². The van der Waals surface area contributed by atoms with Crippen LogP contribution >= 0.6 is 34.7 Å². The SMILES string of the molecule is CSCC[C@H](NC(=O)c1sc2ccccc2c1Cl)c1nc2ccccc2[nH]1. The molecule has 27 heavy (non-hydrogen) atoms. The van der Waals surface area contributed by atoms with Gasteiger partial charge in [0.15, 0.2) is 0 Å². The summed E-state index contributed by atoms with van der Waals surface area (Å²) in [6.45, 7) is 0. The van der Waals surface area contributed by atoms with Crippen molar-refractivity contribution < 1.29 is 4.79 Å². The molecule has 4 aromatic rings. The number of imidazole rings is 1. The number of aromatic amines is 1. The average Bonchev–Trinajstić information content (AvgIpc) is 3.26. The molecule has 2 heterocycles. The number of nitrogens with zero attached hydrogens (tertiary/aromatic N) is 1. The van der Waals surface area contributed by atoms with E-state index in [9.17, 15) is 4.79 Å². The van der Waals surface area contributed by atoms with Crippen molar-refractivity contribution in [1.82, 2.24) is 15.3 Å². The van der Waals surface area contributed by atoms with Crippen LogP contribution in [0.5, 0.6) is 0 Å². The summed E-state index contributed by atoms with van der Waals surface area (Å²) >= 11 is 9.64. The van der Waals surface area contributed by atoms with Crippen molar-refractivity contribution in [2.24, 2.45) is 0 Å². The number of thiophene rings is 1. The summed E-state index contributed by atoms with van der Waals surface area (Å²) < 4.78 is 1.01. The maximum atomic E-state index is 13.0. The smallest absolute Gasteiger partial charge is 0.263 e. The topological polar surface area (TPSA) is 57.8 Å². The van der Waals surface area contributed by atoms with Crippen molar-refractivity contribution in [3.63, 3.8) is 0 Å². The molecule has 1 amide bonds. The highest BCUT2D eigenvalue weighted by atomic mass is 35.5. The van der Waals surface area contributed by atoms with Crippen molar-refractivity contribution in [3.8, 4) is 0 Å². The Balaban J connectivity index is 1.64. The Morgan fingerprint density at radius 2 is 2.04 bits per heavy atom. The van der Waals surface area contributed by atoms with Crippen LogP contribution in [-0.4, -0.2) is 27.9 Å². The lowest BCUT2D eigenvalue weighted by atomic mass is 10.2. The number of hydrogen-bond donors (Lipinski definition) is 2. The molecule has 4 nitrogen and oxygen atoms in total. The van der Waals surface area contributed by atoms with Gasteiger partial charge in [-0.2, -0.15) is 11.8 Å². The van der Waals surface area contributed by atoms with Crippen LogP contribution in [0.15, 0.2) is 48.5 Å². The molecule has 0 spiro atoms. The fourth-order valence-corrected chi connectivity index (χ4v) is 4.93. The van der Waals surface area contributed by atoms with Crippen LogP contribution < -0.4 is 5.32 Å². The fourth-order valence-electron chi connectivity index (χ4n) is 3.03. The number of hydrogen-bond acceptors (Lipinski definition) is 4. The molecular weight excluding hydrogens is 398 g/mol. The maximum Gasteiger partial charge on any atom is 0.263 e. The number of fused-ring (bicyclic) bond motifs is 2. The van der Waals surface area contributed by atoms with Gasteiger partial charge in [-0.25, -0.2) is 4.98 Å². The van der Waals surface area contributed by atoms with Crippen molar-refractivity contribution in [2.75, 3.05) is 12.0 Å². The van der Waals surface area contributed by atoms with Crippen LogP contribution in [0.1, 0.15) is 28.0 Å². The first-order chi connectivity index (χ1) is 13.2. The molecule has 7 heteroatoms. The van der Waals surface area contributed by atoms with Crippen molar-refractivity contribution in [3.05, 3.63) is 64.3 Å². The van der Waals surface area contributed by atoms with Gasteiger partial charge in [-0.1, -0.05) is 41.9 Å². The lowest BCUT2D eigenvalue weighted by Crippen LogP contribution is -2.29. The second-order valence-corrected chi connectivity index (χ2v) is 8.60. The first-order valence-electron chi connectivity index (χ1n) is 8.59. The van der Waals surface area contributed by atoms with Crippen LogP contribution in [-0.2, 0) is 0 Å². The van der Waals surface area contributed by atoms with Crippen LogP contribution in [0, 0.1) is 0 Å². The predicted molar refractivity (Wildman–Crippen MR) is 116 cm³/mol. The Hall–Kier alpha value is -2.02. The third kappa shape index (κ3) is 3.70. The number of thioether (sulfide) groups is 1. The molecule has 138 valence electrons. The molecule has 2 N–H and O–H groups in total. The number of H-pyrrole nitrogens is 1. The zero-order valence-electron chi connectivity index (χ0n) is 14.7. The normalized spacial score (nSPS) is 12.5. The van der Waals surface area contributed by atoms with Crippen molar-refractivity contribution in [1.29, 1.82) is 0 Å². The summed E-state index contributed by atoms with van der Waals surface area (Å²) in [7, 11) is 0. The Morgan fingerprint density at radius 1 is 1.26 bits per heavy atom. The van der Waals surface area contributed by atoms with Gasteiger partial charge in [0.2, 0.25) is 0 Å². The highest BCUT2D eigenvalue weighted by molar-refractivity contribution is 7.98. The molecule has 1 atom stereocenters. The van der Waals surface area contributed by atoms with E-state index in [1.54, 1.807) is 11.8 Å². The van der Waals surface area contributed by atoms with Gasteiger partial charge in [-0.3, -0.25) is 4.79 Å². The number of benzene rings is 2. The molecule has 2 aromatic carbocycles. The van der Waals surface area contributed by atoms with Gasteiger partial charge in [0.25, 0.3) is 5.91 Å². The van der Waals surface area contributed by atoms with E-state index < -0.39 is 0 Å². The number of carbonyl (C=O) groups excluding carboxylic acids is 1. The van der Waals surface area contributed by atoms with E-state index in [-0.39, 0.29) is 11.9 Å².